The molecule has 32 heavy (non-hydrogen) atoms. The van der Waals surface area contributed by atoms with Gasteiger partial charge in [-0.2, -0.15) is 9.29 Å². The van der Waals surface area contributed by atoms with Crippen molar-refractivity contribution in [3.63, 3.8) is 0 Å². The number of piperidine rings is 1. The Hall–Kier alpha value is -2.34. The molecular weight excluding hydrogens is 479 g/mol. The first-order chi connectivity index (χ1) is 15.3. The minimum atomic E-state index is -3.78. The number of carbonyl (C=O) groups excluding carboxylic acids is 1. The van der Waals surface area contributed by atoms with Crippen LogP contribution in [0.4, 0.5) is 10.1 Å². The maximum Gasteiger partial charge on any atom is 0.252 e. The van der Waals surface area contributed by atoms with E-state index in [4.69, 9.17) is 16.1 Å². The van der Waals surface area contributed by atoms with Crippen molar-refractivity contribution in [1.82, 2.24) is 14.4 Å². The molecule has 1 atom stereocenters. The van der Waals surface area contributed by atoms with Crippen LogP contribution in [-0.2, 0) is 21.2 Å². The fourth-order valence-electron chi connectivity index (χ4n) is 3.40. The highest BCUT2D eigenvalue weighted by Gasteiger charge is 2.34. The van der Waals surface area contributed by atoms with Gasteiger partial charge in [-0.25, -0.2) is 12.8 Å². The molecule has 0 radical (unpaired) electrons. The molecule has 1 fully saturated rings. The molecule has 3 aromatic rings. The summed E-state index contributed by atoms with van der Waals surface area (Å²) in [6, 6.07) is 5.42. The summed E-state index contributed by atoms with van der Waals surface area (Å²) in [5.41, 5.74) is 0.923. The number of amides is 1. The van der Waals surface area contributed by atoms with Gasteiger partial charge in [-0.15, -0.1) is 11.3 Å². The molecule has 0 aliphatic carbocycles. The number of benzene rings is 1. The summed E-state index contributed by atoms with van der Waals surface area (Å²) >= 11 is 6.84. The summed E-state index contributed by atoms with van der Waals surface area (Å²) < 4.78 is 46.3. The zero-order valence-corrected chi connectivity index (χ0v) is 19.4. The lowest BCUT2D eigenvalue weighted by atomic mass is 9.99. The SMILES string of the molecule is CCc1nc(-c2csc(S(=O)(=O)N3CCC[C@H](C(=O)Nc4ccc(F)c(Cl)c4)C3)c2)no1. The minimum absolute atomic E-state index is 0.0541. The van der Waals surface area contributed by atoms with Crippen LogP contribution in [0.1, 0.15) is 25.7 Å². The van der Waals surface area contributed by atoms with Crippen LogP contribution in [-0.4, -0.2) is 41.9 Å². The van der Waals surface area contributed by atoms with Crippen LogP contribution >= 0.6 is 22.9 Å². The van der Waals surface area contributed by atoms with Crippen molar-refractivity contribution in [3.8, 4) is 11.4 Å². The average Bonchev–Trinajstić information content (AvgIpc) is 3.46. The van der Waals surface area contributed by atoms with Gasteiger partial charge in [0.25, 0.3) is 10.0 Å². The smallest absolute Gasteiger partial charge is 0.252 e. The Kier molecular flexibility index (Phi) is 6.61. The fraction of sp³-hybridized carbons (Fsp3) is 0.350. The van der Waals surface area contributed by atoms with Crippen molar-refractivity contribution < 1.29 is 22.1 Å². The van der Waals surface area contributed by atoms with Gasteiger partial charge in [0.2, 0.25) is 17.6 Å². The molecule has 8 nitrogen and oxygen atoms in total. The molecule has 1 saturated heterocycles. The Morgan fingerprint density at radius 2 is 2.22 bits per heavy atom. The summed E-state index contributed by atoms with van der Waals surface area (Å²) in [7, 11) is -3.78. The second-order valence-corrected chi connectivity index (χ2v) is 10.8. The number of nitrogens with zero attached hydrogens (tertiary/aromatic N) is 3. The van der Waals surface area contributed by atoms with Crippen LogP contribution in [0.25, 0.3) is 11.4 Å². The fourth-order valence-corrected chi connectivity index (χ4v) is 6.42. The summed E-state index contributed by atoms with van der Waals surface area (Å²) in [4.78, 5) is 16.9. The first-order valence-corrected chi connectivity index (χ1v) is 12.6. The zero-order valence-electron chi connectivity index (χ0n) is 17.0. The molecule has 0 bridgehead atoms. The first kappa shape index (κ1) is 22.8. The molecule has 1 amide bonds. The molecule has 12 heteroatoms. The summed E-state index contributed by atoms with van der Waals surface area (Å²) in [6.07, 6.45) is 1.68. The van der Waals surface area contributed by atoms with Gasteiger partial charge in [-0.05, 0) is 37.1 Å². The largest absolute Gasteiger partial charge is 0.339 e. The van der Waals surface area contributed by atoms with Gasteiger partial charge in [0, 0.05) is 36.1 Å². The number of nitrogens with one attached hydrogen (secondary N) is 1. The standard InChI is InChI=1S/C20H20ClFN4O4S2/c1-2-17-24-19(25-30-17)13-8-18(31-11-13)32(28,29)26-7-3-4-12(10-26)20(27)23-14-5-6-16(22)15(21)9-14/h5-6,8-9,11-12H,2-4,7,10H2,1H3,(H,23,27)/t12-/m0/s1. The van der Waals surface area contributed by atoms with Crippen molar-refractivity contribution >= 4 is 44.6 Å². The normalized spacial score (nSPS) is 17.4. The number of thiophene rings is 1. The molecule has 1 N–H and O–H groups in total. The predicted molar refractivity (Wildman–Crippen MR) is 119 cm³/mol. The predicted octanol–water partition coefficient (Wildman–Crippen LogP) is 4.19. The number of halogens is 2. The van der Waals surface area contributed by atoms with Gasteiger partial charge in [0.1, 0.15) is 10.0 Å². The molecule has 3 heterocycles. The molecular formula is C20H20ClFN4O4S2. The lowest BCUT2D eigenvalue weighted by molar-refractivity contribution is -0.120. The van der Waals surface area contributed by atoms with E-state index in [9.17, 15) is 17.6 Å². The zero-order chi connectivity index (χ0) is 22.9. The number of hydrogen-bond acceptors (Lipinski definition) is 7. The molecule has 1 aromatic carbocycles. The summed E-state index contributed by atoms with van der Waals surface area (Å²) in [5, 5.41) is 8.14. The van der Waals surface area contributed by atoms with E-state index in [0.717, 1.165) is 17.4 Å². The topological polar surface area (TPSA) is 105 Å². The van der Waals surface area contributed by atoms with Gasteiger partial charge in [-0.1, -0.05) is 23.7 Å². The van der Waals surface area contributed by atoms with E-state index >= 15 is 0 Å². The Labute approximate surface area is 193 Å². The van der Waals surface area contributed by atoms with Crippen LogP contribution in [0.15, 0.2) is 38.4 Å². The van der Waals surface area contributed by atoms with E-state index in [1.165, 1.54) is 22.5 Å². The molecule has 2 aromatic heterocycles. The third kappa shape index (κ3) is 4.70. The summed E-state index contributed by atoms with van der Waals surface area (Å²) in [6.45, 7) is 2.26. The van der Waals surface area contributed by atoms with Crippen molar-refractivity contribution in [2.45, 2.75) is 30.4 Å². The van der Waals surface area contributed by atoms with E-state index in [2.05, 4.69) is 15.5 Å². The number of carbonyl (C=O) groups is 1. The molecule has 170 valence electrons. The number of aryl methyl sites for hydroxylation is 1. The average molecular weight is 499 g/mol. The molecule has 0 saturated carbocycles. The van der Waals surface area contributed by atoms with Gasteiger partial charge in [0.15, 0.2) is 0 Å². The third-order valence-corrected chi connectivity index (χ3v) is 8.71. The Morgan fingerprint density at radius 3 is 2.94 bits per heavy atom. The number of hydrogen-bond donors (Lipinski definition) is 1. The number of sulfonamides is 1. The van der Waals surface area contributed by atoms with Gasteiger partial charge in [0.05, 0.1) is 10.9 Å². The molecule has 1 aliphatic heterocycles. The van der Waals surface area contributed by atoms with E-state index in [1.54, 1.807) is 5.38 Å². The molecule has 1 aliphatic rings. The van der Waals surface area contributed by atoms with Crippen LogP contribution in [0.5, 0.6) is 0 Å². The second-order valence-electron chi connectivity index (χ2n) is 7.34. The van der Waals surface area contributed by atoms with Crippen LogP contribution < -0.4 is 5.32 Å². The molecule has 0 spiro atoms. The highest BCUT2D eigenvalue weighted by Crippen LogP contribution is 2.31. The van der Waals surface area contributed by atoms with Crippen LogP contribution in [0.2, 0.25) is 5.02 Å². The van der Waals surface area contributed by atoms with Gasteiger partial charge < -0.3 is 9.84 Å². The maximum absolute atomic E-state index is 13.3. The van der Waals surface area contributed by atoms with Crippen LogP contribution in [0.3, 0.4) is 0 Å². The lowest BCUT2D eigenvalue weighted by Gasteiger charge is -2.30. The van der Waals surface area contributed by atoms with E-state index in [0.29, 0.717) is 48.8 Å². The molecule has 4 rings (SSSR count). The highest BCUT2D eigenvalue weighted by molar-refractivity contribution is 7.91. The number of anilines is 1. The number of aromatic nitrogens is 2. The van der Waals surface area contributed by atoms with E-state index < -0.39 is 21.8 Å². The quantitative estimate of drug-likeness (QED) is 0.546. The van der Waals surface area contributed by atoms with Crippen molar-refractivity contribution in [2.24, 2.45) is 5.92 Å². The van der Waals surface area contributed by atoms with Crippen molar-refractivity contribution in [3.05, 3.63) is 46.4 Å². The minimum Gasteiger partial charge on any atom is -0.339 e. The Balaban J connectivity index is 1.47. The lowest BCUT2D eigenvalue weighted by Crippen LogP contribution is -2.43. The summed E-state index contributed by atoms with van der Waals surface area (Å²) in [5.74, 6) is -0.637. The van der Waals surface area contributed by atoms with Crippen LogP contribution in [0, 0.1) is 11.7 Å². The Bertz CT molecular complexity index is 1240. The van der Waals surface area contributed by atoms with Gasteiger partial charge >= 0.3 is 0 Å². The Morgan fingerprint density at radius 1 is 1.41 bits per heavy atom. The monoisotopic (exact) mass is 498 g/mol. The molecule has 0 unspecified atom stereocenters. The van der Waals surface area contributed by atoms with Gasteiger partial charge in [-0.3, -0.25) is 4.79 Å². The highest BCUT2D eigenvalue weighted by atomic mass is 35.5. The number of rotatable bonds is 6. The van der Waals surface area contributed by atoms with Crippen molar-refractivity contribution in [2.75, 3.05) is 18.4 Å². The van der Waals surface area contributed by atoms with E-state index in [1.807, 2.05) is 6.92 Å². The van der Waals surface area contributed by atoms with Crippen molar-refractivity contribution in [1.29, 1.82) is 0 Å². The van der Waals surface area contributed by atoms with E-state index in [-0.39, 0.29) is 21.7 Å². The first-order valence-electron chi connectivity index (χ1n) is 9.95. The maximum atomic E-state index is 13.3. The third-order valence-electron chi connectivity index (χ3n) is 5.14. The second kappa shape index (κ2) is 9.26.